The maximum absolute atomic E-state index is 12.6. The second-order valence-electron chi connectivity index (χ2n) is 8.49. The summed E-state index contributed by atoms with van der Waals surface area (Å²) >= 11 is 0. The lowest BCUT2D eigenvalue weighted by atomic mass is 10.0. The van der Waals surface area contributed by atoms with Gasteiger partial charge in [-0.3, -0.25) is 19.2 Å². The monoisotopic (exact) mass is 444 g/mol. The van der Waals surface area contributed by atoms with Crippen LogP contribution in [-0.4, -0.2) is 64.0 Å². The highest BCUT2D eigenvalue weighted by Gasteiger charge is 2.29. The maximum atomic E-state index is 12.6. The van der Waals surface area contributed by atoms with Crippen LogP contribution >= 0.6 is 0 Å². The van der Waals surface area contributed by atoms with Crippen LogP contribution in [0.1, 0.15) is 60.3 Å². The lowest BCUT2D eigenvalue weighted by molar-refractivity contribution is -0.142. The summed E-state index contributed by atoms with van der Waals surface area (Å²) in [6, 6.07) is -4.28. The number of hydrogen-bond donors (Lipinski definition) is 6. The average molecular weight is 445 g/mol. The molecule has 0 bridgehead atoms. The Balaban J connectivity index is 5.12. The van der Waals surface area contributed by atoms with Crippen molar-refractivity contribution in [3.8, 4) is 0 Å². The Bertz CT molecular complexity index is 651. The fourth-order valence-corrected chi connectivity index (χ4v) is 2.80. The highest BCUT2D eigenvalue weighted by atomic mass is 16.4. The highest BCUT2D eigenvalue weighted by molar-refractivity contribution is 5.94. The summed E-state index contributed by atoms with van der Waals surface area (Å²) in [6.07, 6.45) is 0.0195. The number of carboxylic acids is 2. The van der Waals surface area contributed by atoms with E-state index in [9.17, 15) is 29.1 Å². The maximum Gasteiger partial charge on any atom is 0.326 e. The Morgan fingerprint density at radius 1 is 0.742 bits per heavy atom. The number of nitrogens with two attached hydrogens (primary N) is 1. The molecule has 4 unspecified atom stereocenters. The second kappa shape index (κ2) is 13.6. The van der Waals surface area contributed by atoms with Gasteiger partial charge in [-0.2, -0.15) is 0 Å². The van der Waals surface area contributed by atoms with Gasteiger partial charge in [0.05, 0.1) is 6.04 Å². The molecule has 0 aromatic carbocycles. The minimum atomic E-state index is -1.21. The highest BCUT2D eigenvalue weighted by Crippen LogP contribution is 2.07. The minimum Gasteiger partial charge on any atom is -0.481 e. The molecule has 0 aliphatic carbocycles. The van der Waals surface area contributed by atoms with Gasteiger partial charge in [0.2, 0.25) is 17.7 Å². The van der Waals surface area contributed by atoms with Crippen LogP contribution in [0.15, 0.2) is 0 Å². The average Bonchev–Trinajstić information content (AvgIpc) is 2.62. The van der Waals surface area contributed by atoms with E-state index in [1.807, 2.05) is 27.7 Å². The van der Waals surface area contributed by atoms with Crippen molar-refractivity contribution >= 4 is 29.7 Å². The van der Waals surface area contributed by atoms with E-state index in [0.29, 0.717) is 6.42 Å². The zero-order valence-electron chi connectivity index (χ0n) is 18.8. The normalized spacial score (nSPS) is 15.0. The van der Waals surface area contributed by atoms with Gasteiger partial charge in [-0.15, -0.1) is 0 Å². The third-order valence-electron chi connectivity index (χ3n) is 4.42. The summed E-state index contributed by atoms with van der Waals surface area (Å²) < 4.78 is 0. The number of carbonyl (C=O) groups excluding carboxylic acids is 3. The molecule has 0 aliphatic rings. The van der Waals surface area contributed by atoms with E-state index < -0.39 is 53.8 Å². The van der Waals surface area contributed by atoms with Crippen molar-refractivity contribution in [2.75, 3.05) is 0 Å². The van der Waals surface area contributed by atoms with Crippen LogP contribution in [-0.2, 0) is 24.0 Å². The smallest absolute Gasteiger partial charge is 0.326 e. The van der Waals surface area contributed by atoms with Crippen LogP contribution in [0.5, 0.6) is 0 Å². The molecule has 11 heteroatoms. The number of carboxylic acid groups (broad SMARTS) is 2. The molecule has 0 saturated carbocycles. The molecule has 0 fully saturated rings. The fraction of sp³-hybridized carbons (Fsp3) is 0.750. The second-order valence-corrected chi connectivity index (χ2v) is 8.49. The van der Waals surface area contributed by atoms with Crippen molar-refractivity contribution in [1.82, 2.24) is 16.0 Å². The number of aliphatic carboxylic acids is 2. The largest absolute Gasteiger partial charge is 0.481 e. The molecule has 178 valence electrons. The quantitative estimate of drug-likeness (QED) is 0.213. The van der Waals surface area contributed by atoms with Gasteiger partial charge >= 0.3 is 11.9 Å². The molecule has 11 nitrogen and oxygen atoms in total. The molecule has 7 N–H and O–H groups in total. The topological polar surface area (TPSA) is 188 Å². The summed E-state index contributed by atoms with van der Waals surface area (Å²) in [7, 11) is 0. The fourth-order valence-electron chi connectivity index (χ4n) is 2.80. The summed E-state index contributed by atoms with van der Waals surface area (Å²) in [5.74, 6) is -4.24. The number of nitrogens with one attached hydrogen (secondary N) is 3. The van der Waals surface area contributed by atoms with Gasteiger partial charge in [0, 0.05) is 6.42 Å². The van der Waals surface area contributed by atoms with Crippen molar-refractivity contribution in [3.63, 3.8) is 0 Å². The molecule has 4 atom stereocenters. The van der Waals surface area contributed by atoms with E-state index in [4.69, 9.17) is 10.8 Å². The predicted octanol–water partition coefficient (Wildman–Crippen LogP) is -0.170. The molecule has 3 amide bonds. The first-order chi connectivity index (χ1) is 14.2. The van der Waals surface area contributed by atoms with Crippen LogP contribution < -0.4 is 21.7 Å². The van der Waals surface area contributed by atoms with Gasteiger partial charge in [0.15, 0.2) is 0 Å². The van der Waals surface area contributed by atoms with Gasteiger partial charge in [-0.05, 0) is 38.0 Å². The standard InChI is InChI=1S/C20H36N4O7/c1-10(2)8-13(21)18(28)23-14(6-7-16(25)26)19(29)22-12(5)17(27)24-15(20(30)31)9-11(3)4/h10-15H,6-9,21H2,1-5H3,(H,22,29)(H,23,28)(H,24,27)(H,25,26)(H,30,31). The van der Waals surface area contributed by atoms with Crippen LogP contribution in [0.4, 0.5) is 0 Å². The van der Waals surface area contributed by atoms with Gasteiger partial charge in [0.25, 0.3) is 0 Å². The van der Waals surface area contributed by atoms with E-state index in [-0.39, 0.29) is 31.1 Å². The lowest BCUT2D eigenvalue weighted by Gasteiger charge is -2.24. The molecule has 31 heavy (non-hydrogen) atoms. The zero-order chi connectivity index (χ0) is 24.3. The Hall–Kier alpha value is -2.69. The lowest BCUT2D eigenvalue weighted by Crippen LogP contribution is -2.56. The van der Waals surface area contributed by atoms with Crippen LogP contribution in [0.25, 0.3) is 0 Å². The minimum absolute atomic E-state index is 0.0250. The third kappa shape index (κ3) is 11.9. The molecule has 0 rings (SSSR count). The molecule has 0 radical (unpaired) electrons. The van der Waals surface area contributed by atoms with E-state index >= 15 is 0 Å². The predicted molar refractivity (Wildman–Crippen MR) is 113 cm³/mol. The van der Waals surface area contributed by atoms with Gasteiger partial charge < -0.3 is 31.9 Å². The molecule has 0 aliphatic heterocycles. The van der Waals surface area contributed by atoms with Crippen molar-refractivity contribution in [2.24, 2.45) is 17.6 Å². The molecular weight excluding hydrogens is 408 g/mol. The van der Waals surface area contributed by atoms with E-state index in [1.54, 1.807) is 0 Å². The zero-order valence-corrected chi connectivity index (χ0v) is 18.8. The van der Waals surface area contributed by atoms with Crippen LogP contribution in [0.2, 0.25) is 0 Å². The number of amides is 3. The van der Waals surface area contributed by atoms with Crippen LogP contribution in [0.3, 0.4) is 0 Å². The van der Waals surface area contributed by atoms with E-state index in [0.717, 1.165) is 0 Å². The first-order valence-corrected chi connectivity index (χ1v) is 10.4. The summed E-state index contributed by atoms with van der Waals surface area (Å²) in [5.41, 5.74) is 5.82. The van der Waals surface area contributed by atoms with Gasteiger partial charge in [-0.25, -0.2) is 4.79 Å². The van der Waals surface area contributed by atoms with Crippen molar-refractivity contribution in [1.29, 1.82) is 0 Å². The summed E-state index contributed by atoms with van der Waals surface area (Å²) in [5, 5.41) is 25.4. The SMILES string of the molecule is CC(C)CC(N)C(=O)NC(CCC(=O)O)C(=O)NC(C)C(=O)NC(CC(C)C)C(=O)O. The molecule has 0 aromatic rings. The Kier molecular flexibility index (Phi) is 12.4. The van der Waals surface area contributed by atoms with Crippen LogP contribution in [0, 0.1) is 11.8 Å². The Labute approximate surface area is 182 Å². The molecule has 0 heterocycles. The molecule has 0 spiro atoms. The van der Waals surface area contributed by atoms with Crippen molar-refractivity contribution in [2.45, 2.75) is 84.5 Å². The molecule has 0 saturated heterocycles. The Morgan fingerprint density at radius 2 is 1.26 bits per heavy atom. The van der Waals surface area contributed by atoms with Gasteiger partial charge in [-0.1, -0.05) is 27.7 Å². The Morgan fingerprint density at radius 3 is 1.71 bits per heavy atom. The first kappa shape index (κ1) is 28.3. The summed E-state index contributed by atoms with van der Waals surface area (Å²) in [6.45, 7) is 8.75. The first-order valence-electron chi connectivity index (χ1n) is 10.4. The third-order valence-corrected chi connectivity index (χ3v) is 4.42. The molecular formula is C20H36N4O7. The van der Waals surface area contributed by atoms with E-state index in [1.165, 1.54) is 6.92 Å². The summed E-state index contributed by atoms with van der Waals surface area (Å²) in [4.78, 5) is 59.4. The number of rotatable bonds is 14. The van der Waals surface area contributed by atoms with Crippen molar-refractivity contribution < 1.29 is 34.2 Å². The van der Waals surface area contributed by atoms with E-state index in [2.05, 4.69) is 16.0 Å². The van der Waals surface area contributed by atoms with Crippen molar-refractivity contribution in [3.05, 3.63) is 0 Å². The molecule has 0 aromatic heterocycles. The number of carbonyl (C=O) groups is 5. The van der Waals surface area contributed by atoms with Gasteiger partial charge in [0.1, 0.15) is 18.1 Å². The number of hydrogen-bond acceptors (Lipinski definition) is 6.